The van der Waals surface area contributed by atoms with Gasteiger partial charge < -0.3 is 5.73 Å². The number of rotatable bonds is 3. The molecule has 2 aromatic rings. The molecule has 1 aliphatic heterocycles. The number of carbonyl (C=O) groups excluding carboxylic acids is 1. The average Bonchev–Trinajstić information content (AvgIpc) is 3.14. The van der Waals surface area contributed by atoms with E-state index in [1.165, 1.54) is 11.8 Å². The minimum atomic E-state index is -0.380. The minimum absolute atomic E-state index is 0.00380. The van der Waals surface area contributed by atoms with Crippen molar-refractivity contribution in [3.8, 4) is 6.07 Å². The van der Waals surface area contributed by atoms with Crippen LogP contribution in [0.2, 0.25) is 0 Å². The molecule has 6 heteroatoms. The van der Waals surface area contributed by atoms with Gasteiger partial charge in [-0.15, -0.1) is 11.3 Å². The monoisotopic (exact) mass is 390 g/mol. The zero-order valence-corrected chi connectivity index (χ0v) is 14.5. The molecule has 0 unspecified atom stereocenters. The van der Waals surface area contributed by atoms with Crippen LogP contribution in [-0.2, 0) is 0 Å². The van der Waals surface area contributed by atoms with Gasteiger partial charge in [0.2, 0.25) is 0 Å². The molecule has 0 radical (unpaired) electrons. The minimum Gasteiger partial charge on any atom is -0.393 e. The lowest BCUT2D eigenvalue weighted by atomic mass is 9.91. The first-order chi connectivity index (χ1) is 10.6. The van der Waals surface area contributed by atoms with E-state index in [1.54, 1.807) is 23.5 Å². The van der Waals surface area contributed by atoms with Crippen molar-refractivity contribution in [3.63, 3.8) is 0 Å². The quantitative estimate of drug-likeness (QED) is 0.793. The van der Waals surface area contributed by atoms with Crippen molar-refractivity contribution in [2.75, 3.05) is 0 Å². The molecule has 0 saturated carbocycles. The van der Waals surface area contributed by atoms with Gasteiger partial charge in [0.05, 0.1) is 27.8 Å². The van der Waals surface area contributed by atoms with Gasteiger partial charge in [-0.3, -0.25) is 4.79 Å². The molecular formula is C16H11BrN2OS2. The lowest BCUT2D eigenvalue weighted by molar-refractivity contribution is 0.0986. The van der Waals surface area contributed by atoms with Gasteiger partial charge in [0, 0.05) is 14.9 Å². The van der Waals surface area contributed by atoms with Gasteiger partial charge in [-0.2, -0.15) is 5.26 Å². The smallest absolute Gasteiger partial charge is 0.177 e. The number of nitrogens with two attached hydrogens (primary N) is 1. The summed E-state index contributed by atoms with van der Waals surface area (Å²) in [5.74, 6) is -0.254. The summed E-state index contributed by atoms with van der Waals surface area (Å²) in [5, 5.41) is 11.4. The van der Waals surface area contributed by atoms with E-state index >= 15 is 0 Å². The number of Topliss-reactive ketones (excluding diaryl/α,β-unsaturated/α-hetero) is 1. The van der Waals surface area contributed by atoms with E-state index in [-0.39, 0.29) is 17.0 Å². The zero-order chi connectivity index (χ0) is 15.7. The fourth-order valence-electron chi connectivity index (χ4n) is 2.44. The van der Waals surface area contributed by atoms with Crippen LogP contribution in [0, 0.1) is 11.3 Å². The van der Waals surface area contributed by atoms with Crippen LogP contribution < -0.4 is 5.73 Å². The Balaban J connectivity index is 1.98. The summed E-state index contributed by atoms with van der Waals surface area (Å²) >= 11 is 6.20. The van der Waals surface area contributed by atoms with Gasteiger partial charge in [0.15, 0.2) is 5.78 Å². The molecular weight excluding hydrogens is 380 g/mol. The van der Waals surface area contributed by atoms with Crippen LogP contribution in [0.1, 0.15) is 21.2 Å². The molecule has 0 amide bonds. The number of thioether (sulfide) groups is 1. The van der Waals surface area contributed by atoms with Gasteiger partial charge in [0.25, 0.3) is 0 Å². The summed E-state index contributed by atoms with van der Waals surface area (Å²) in [6.45, 7) is 0. The number of benzene rings is 1. The number of allylic oxidation sites excluding steroid dienone is 1. The Kier molecular flexibility index (Phi) is 4.39. The van der Waals surface area contributed by atoms with Crippen LogP contribution >= 0.6 is 39.0 Å². The third-order valence-corrected chi connectivity index (χ3v) is 6.19. The van der Waals surface area contributed by atoms with Crippen molar-refractivity contribution in [3.05, 3.63) is 67.3 Å². The fourth-order valence-corrected chi connectivity index (χ4v) is 4.90. The third kappa shape index (κ3) is 2.72. The summed E-state index contributed by atoms with van der Waals surface area (Å²) in [6.07, 6.45) is 0. The molecule has 0 saturated heterocycles. The molecule has 2 heterocycles. The molecule has 0 aliphatic carbocycles. The summed E-state index contributed by atoms with van der Waals surface area (Å²) < 4.78 is 0.924. The number of hydrogen-bond acceptors (Lipinski definition) is 5. The van der Waals surface area contributed by atoms with E-state index < -0.39 is 0 Å². The highest BCUT2D eigenvalue weighted by Crippen LogP contribution is 2.47. The second kappa shape index (κ2) is 6.29. The van der Waals surface area contributed by atoms with Crippen molar-refractivity contribution in [1.29, 1.82) is 5.26 Å². The second-order valence-electron chi connectivity index (χ2n) is 4.79. The predicted octanol–water partition coefficient (Wildman–Crippen LogP) is 4.29. The standard InChI is InChI=1S/C16H11BrN2OS2/c17-10-5-3-9(4-6-10)14(20)15-13(12-2-1-7-21-12)11(8-18)16(19)22-15/h1-7,13,15H,19H2/t13-,15-/m1/s1. The Bertz CT molecular complexity index is 775. The average molecular weight is 391 g/mol. The van der Waals surface area contributed by atoms with E-state index in [0.717, 1.165) is 9.35 Å². The van der Waals surface area contributed by atoms with Crippen LogP contribution in [-0.4, -0.2) is 11.0 Å². The first-order valence-corrected chi connectivity index (χ1v) is 9.06. The van der Waals surface area contributed by atoms with Gasteiger partial charge in [-0.25, -0.2) is 0 Å². The van der Waals surface area contributed by atoms with E-state index in [9.17, 15) is 10.1 Å². The van der Waals surface area contributed by atoms with Crippen molar-refractivity contribution in [2.24, 2.45) is 5.73 Å². The van der Waals surface area contributed by atoms with Crippen LogP contribution in [0.4, 0.5) is 0 Å². The van der Waals surface area contributed by atoms with Crippen LogP contribution in [0.25, 0.3) is 0 Å². The molecule has 22 heavy (non-hydrogen) atoms. The van der Waals surface area contributed by atoms with Crippen molar-refractivity contribution < 1.29 is 4.79 Å². The van der Waals surface area contributed by atoms with E-state index in [2.05, 4.69) is 22.0 Å². The molecule has 110 valence electrons. The highest BCUT2D eigenvalue weighted by Gasteiger charge is 2.41. The SMILES string of the molecule is N#CC1=C(N)S[C@@H](C(=O)c2ccc(Br)cc2)[C@H]1c1cccs1. The summed E-state index contributed by atoms with van der Waals surface area (Å²) in [6, 6.07) is 13.3. The fraction of sp³-hybridized carbons (Fsp3) is 0.125. The van der Waals surface area contributed by atoms with Gasteiger partial charge in [-0.05, 0) is 23.6 Å². The maximum Gasteiger partial charge on any atom is 0.177 e. The molecule has 0 fully saturated rings. The second-order valence-corrected chi connectivity index (χ2v) is 7.87. The first-order valence-electron chi connectivity index (χ1n) is 6.51. The Hall–Kier alpha value is -1.55. The molecule has 1 aliphatic rings. The lowest BCUT2D eigenvalue weighted by Gasteiger charge is -2.17. The first kappa shape index (κ1) is 15.3. The Morgan fingerprint density at radius 2 is 2.00 bits per heavy atom. The van der Waals surface area contributed by atoms with Gasteiger partial charge >= 0.3 is 0 Å². The number of thiophene rings is 1. The van der Waals surface area contributed by atoms with Crippen molar-refractivity contribution in [2.45, 2.75) is 11.2 Å². The van der Waals surface area contributed by atoms with Gasteiger partial charge in [0.1, 0.15) is 0 Å². The maximum atomic E-state index is 12.8. The molecule has 0 bridgehead atoms. The molecule has 1 aromatic heterocycles. The number of ketones is 1. The van der Waals surface area contributed by atoms with Crippen LogP contribution in [0.15, 0.2) is 56.9 Å². The van der Waals surface area contributed by atoms with E-state index in [0.29, 0.717) is 16.2 Å². The van der Waals surface area contributed by atoms with Crippen LogP contribution in [0.5, 0.6) is 0 Å². The zero-order valence-electron chi connectivity index (χ0n) is 11.3. The van der Waals surface area contributed by atoms with Crippen molar-refractivity contribution in [1.82, 2.24) is 0 Å². The summed E-state index contributed by atoms with van der Waals surface area (Å²) in [4.78, 5) is 13.8. The Morgan fingerprint density at radius 3 is 2.59 bits per heavy atom. The summed E-state index contributed by atoms with van der Waals surface area (Å²) in [5.41, 5.74) is 7.12. The molecule has 3 nitrogen and oxygen atoms in total. The highest BCUT2D eigenvalue weighted by atomic mass is 79.9. The third-order valence-electron chi connectivity index (χ3n) is 3.49. The number of nitrogens with zero attached hydrogens (tertiary/aromatic N) is 1. The number of hydrogen-bond donors (Lipinski definition) is 1. The maximum absolute atomic E-state index is 12.8. The molecule has 0 spiro atoms. The van der Waals surface area contributed by atoms with E-state index in [4.69, 9.17) is 5.73 Å². The van der Waals surface area contributed by atoms with E-state index in [1.807, 2.05) is 29.6 Å². The molecule has 2 atom stereocenters. The number of nitriles is 1. The highest BCUT2D eigenvalue weighted by molar-refractivity contribution is 9.10. The lowest BCUT2D eigenvalue weighted by Crippen LogP contribution is -2.22. The van der Waals surface area contributed by atoms with Gasteiger partial charge in [-0.1, -0.05) is 45.9 Å². The topological polar surface area (TPSA) is 66.9 Å². The molecule has 1 aromatic carbocycles. The predicted molar refractivity (Wildman–Crippen MR) is 93.7 cm³/mol. The molecule has 3 rings (SSSR count). The largest absolute Gasteiger partial charge is 0.393 e. The van der Waals surface area contributed by atoms with Crippen molar-refractivity contribution >= 4 is 44.8 Å². The number of halogens is 1. The summed E-state index contributed by atoms with van der Waals surface area (Å²) in [7, 11) is 0. The molecule has 2 N–H and O–H groups in total. The Morgan fingerprint density at radius 1 is 1.27 bits per heavy atom. The van der Waals surface area contributed by atoms with Crippen LogP contribution in [0.3, 0.4) is 0 Å². The number of carbonyl (C=O) groups is 1. The normalized spacial score (nSPS) is 20.9. The Labute approximate surface area is 145 Å².